The predicted molar refractivity (Wildman–Crippen MR) is 118 cm³/mol. The Labute approximate surface area is 178 Å². The van der Waals surface area contributed by atoms with Crippen molar-refractivity contribution < 1.29 is 13.9 Å². The first-order chi connectivity index (χ1) is 14.5. The number of hydrogen-bond donors (Lipinski definition) is 1. The molecule has 0 aliphatic carbocycles. The molecular weight excluding hydrogens is 403 g/mol. The van der Waals surface area contributed by atoms with E-state index < -0.39 is 0 Å². The summed E-state index contributed by atoms with van der Waals surface area (Å²) in [5.74, 6) is 0.544. The maximum atomic E-state index is 13.1. The highest BCUT2D eigenvalue weighted by Gasteiger charge is 2.26. The average Bonchev–Trinajstić information content (AvgIpc) is 3.14. The normalized spacial score (nSPS) is 14.0. The van der Waals surface area contributed by atoms with Gasteiger partial charge in [0.15, 0.2) is 5.13 Å². The number of nitrogens with one attached hydrogen (secondary N) is 1. The Morgan fingerprint density at radius 3 is 2.50 bits per heavy atom. The number of aromatic nitrogens is 1. The van der Waals surface area contributed by atoms with Crippen LogP contribution in [0.1, 0.15) is 15.4 Å². The number of methoxy groups -OCH3 is 1. The Morgan fingerprint density at radius 1 is 1.10 bits per heavy atom. The summed E-state index contributed by atoms with van der Waals surface area (Å²) >= 11 is 1.32. The molecule has 0 bridgehead atoms. The minimum absolute atomic E-state index is 0.00293. The first-order valence-corrected chi connectivity index (χ1v) is 10.5. The van der Waals surface area contributed by atoms with Gasteiger partial charge < -0.3 is 19.9 Å². The van der Waals surface area contributed by atoms with E-state index in [2.05, 4.69) is 15.2 Å². The number of benzene rings is 2. The molecule has 4 rings (SSSR count). The van der Waals surface area contributed by atoms with Crippen molar-refractivity contribution in [1.29, 1.82) is 0 Å². The second-order valence-electron chi connectivity index (χ2n) is 7.02. The molecule has 0 unspecified atom stereocenters. The van der Waals surface area contributed by atoms with Crippen molar-refractivity contribution in [2.75, 3.05) is 43.5 Å². The van der Waals surface area contributed by atoms with Crippen LogP contribution in [0, 0.1) is 12.7 Å². The van der Waals surface area contributed by atoms with Crippen LogP contribution in [-0.2, 0) is 0 Å². The van der Waals surface area contributed by atoms with Crippen molar-refractivity contribution in [3.8, 4) is 5.75 Å². The molecule has 30 heavy (non-hydrogen) atoms. The van der Waals surface area contributed by atoms with Crippen LogP contribution in [0.25, 0.3) is 0 Å². The standard InChI is InChI=1S/C22H23FN4O2S/c1-15-20(30-22(24-15)25-17-9-7-16(23)8-10-17)21(28)27-13-11-26(12-14-27)18-5-3-4-6-19(18)29-2/h3-10H,11-14H2,1-2H3,(H,24,25). The number of carbonyl (C=O) groups excluding carboxylic acids is 1. The third-order valence-electron chi connectivity index (χ3n) is 5.08. The molecule has 1 aromatic heterocycles. The number of anilines is 3. The number of rotatable bonds is 5. The minimum atomic E-state index is -0.293. The lowest BCUT2D eigenvalue weighted by atomic mass is 10.2. The zero-order chi connectivity index (χ0) is 21.1. The number of nitrogens with zero attached hydrogens (tertiary/aromatic N) is 3. The second kappa shape index (κ2) is 8.71. The lowest BCUT2D eigenvalue weighted by Gasteiger charge is -2.36. The molecule has 2 aromatic carbocycles. The zero-order valence-corrected chi connectivity index (χ0v) is 17.7. The van der Waals surface area contributed by atoms with E-state index in [1.807, 2.05) is 36.1 Å². The molecule has 1 aliphatic heterocycles. The maximum Gasteiger partial charge on any atom is 0.266 e. The molecule has 0 saturated carbocycles. The Hall–Kier alpha value is -3.13. The van der Waals surface area contributed by atoms with Gasteiger partial charge in [-0.15, -0.1) is 0 Å². The molecular formula is C22H23FN4O2S. The van der Waals surface area contributed by atoms with E-state index in [0.717, 1.165) is 30.2 Å². The Kier molecular flexibility index (Phi) is 5.85. The van der Waals surface area contributed by atoms with Crippen molar-refractivity contribution in [3.63, 3.8) is 0 Å². The van der Waals surface area contributed by atoms with Crippen LogP contribution < -0.4 is 15.0 Å². The number of thiazole rings is 1. The fourth-order valence-electron chi connectivity index (χ4n) is 3.49. The second-order valence-corrected chi connectivity index (χ2v) is 8.02. The molecule has 1 saturated heterocycles. The molecule has 2 heterocycles. The Bertz CT molecular complexity index is 1030. The van der Waals surface area contributed by atoms with Gasteiger partial charge in [0.05, 0.1) is 18.5 Å². The smallest absolute Gasteiger partial charge is 0.266 e. The number of aryl methyl sites for hydroxylation is 1. The van der Waals surface area contributed by atoms with Gasteiger partial charge in [-0.3, -0.25) is 4.79 Å². The minimum Gasteiger partial charge on any atom is -0.495 e. The lowest BCUT2D eigenvalue weighted by molar-refractivity contribution is 0.0750. The average molecular weight is 427 g/mol. The molecule has 0 spiro atoms. The number of piperazine rings is 1. The first-order valence-electron chi connectivity index (χ1n) is 9.72. The van der Waals surface area contributed by atoms with Crippen molar-refractivity contribution in [2.24, 2.45) is 0 Å². The fourth-order valence-corrected chi connectivity index (χ4v) is 4.44. The van der Waals surface area contributed by atoms with Gasteiger partial charge in [-0.25, -0.2) is 9.37 Å². The Morgan fingerprint density at radius 2 is 1.80 bits per heavy atom. The van der Waals surface area contributed by atoms with Crippen molar-refractivity contribution >= 4 is 33.8 Å². The number of amides is 1. The molecule has 1 aliphatic rings. The van der Waals surface area contributed by atoms with Crippen LogP contribution in [0.15, 0.2) is 48.5 Å². The number of hydrogen-bond acceptors (Lipinski definition) is 6. The highest BCUT2D eigenvalue weighted by atomic mass is 32.1. The monoisotopic (exact) mass is 426 g/mol. The van der Waals surface area contributed by atoms with E-state index in [1.54, 1.807) is 19.2 Å². The molecule has 6 nitrogen and oxygen atoms in total. The van der Waals surface area contributed by atoms with Crippen molar-refractivity contribution in [1.82, 2.24) is 9.88 Å². The summed E-state index contributed by atoms with van der Waals surface area (Å²) in [6.07, 6.45) is 0. The molecule has 1 fully saturated rings. The number of para-hydroxylation sites is 2. The van der Waals surface area contributed by atoms with E-state index in [-0.39, 0.29) is 11.7 Å². The summed E-state index contributed by atoms with van der Waals surface area (Å²) in [5, 5.41) is 3.76. The number of halogens is 1. The number of carbonyl (C=O) groups is 1. The topological polar surface area (TPSA) is 57.7 Å². The van der Waals surface area contributed by atoms with E-state index >= 15 is 0 Å². The highest BCUT2D eigenvalue weighted by Crippen LogP contribution is 2.30. The fraction of sp³-hybridized carbons (Fsp3) is 0.273. The molecule has 1 N–H and O–H groups in total. The quantitative estimate of drug-likeness (QED) is 0.659. The predicted octanol–water partition coefficient (Wildman–Crippen LogP) is 4.31. The van der Waals surface area contributed by atoms with Crippen molar-refractivity contribution in [3.05, 3.63) is 64.9 Å². The van der Waals surface area contributed by atoms with Crippen LogP contribution in [0.2, 0.25) is 0 Å². The van der Waals surface area contributed by atoms with Gasteiger partial charge >= 0.3 is 0 Å². The Balaban J connectivity index is 1.42. The van der Waals surface area contributed by atoms with Crippen LogP contribution in [-0.4, -0.2) is 49.1 Å². The summed E-state index contributed by atoms with van der Waals surface area (Å²) in [5.41, 5.74) is 2.48. The summed E-state index contributed by atoms with van der Waals surface area (Å²) in [6.45, 7) is 4.59. The van der Waals surface area contributed by atoms with Gasteiger partial charge in [0.2, 0.25) is 0 Å². The molecule has 0 atom stereocenters. The van der Waals surface area contributed by atoms with Crippen molar-refractivity contribution in [2.45, 2.75) is 6.92 Å². The third-order valence-corrected chi connectivity index (χ3v) is 6.14. The summed E-state index contributed by atoms with van der Waals surface area (Å²) in [6, 6.07) is 14.0. The van der Waals surface area contributed by atoms with Crippen LogP contribution in [0.4, 0.5) is 20.9 Å². The largest absolute Gasteiger partial charge is 0.495 e. The van der Waals surface area contributed by atoms with Gasteiger partial charge in [-0.1, -0.05) is 23.5 Å². The third kappa shape index (κ3) is 4.23. The molecule has 8 heteroatoms. The highest BCUT2D eigenvalue weighted by molar-refractivity contribution is 7.17. The van der Waals surface area contributed by atoms with Crippen LogP contribution in [0.3, 0.4) is 0 Å². The van der Waals surface area contributed by atoms with Crippen LogP contribution >= 0.6 is 11.3 Å². The molecule has 0 radical (unpaired) electrons. The number of ether oxygens (including phenoxy) is 1. The summed E-state index contributed by atoms with van der Waals surface area (Å²) < 4.78 is 18.5. The summed E-state index contributed by atoms with van der Waals surface area (Å²) in [4.78, 5) is 22.3. The summed E-state index contributed by atoms with van der Waals surface area (Å²) in [7, 11) is 1.67. The molecule has 1 amide bonds. The molecule has 156 valence electrons. The SMILES string of the molecule is COc1ccccc1N1CCN(C(=O)c2sc(Nc3ccc(F)cc3)nc2C)CC1. The van der Waals surface area contributed by atoms with Crippen LogP contribution in [0.5, 0.6) is 5.75 Å². The lowest BCUT2D eigenvalue weighted by Crippen LogP contribution is -2.48. The van der Waals surface area contributed by atoms with Gasteiger partial charge in [-0.2, -0.15) is 0 Å². The van der Waals surface area contributed by atoms with E-state index in [9.17, 15) is 9.18 Å². The first kappa shape index (κ1) is 20.2. The van der Waals surface area contributed by atoms with E-state index in [0.29, 0.717) is 28.8 Å². The van der Waals surface area contributed by atoms with Gasteiger partial charge in [0.25, 0.3) is 5.91 Å². The molecule has 3 aromatic rings. The zero-order valence-electron chi connectivity index (χ0n) is 16.9. The maximum absolute atomic E-state index is 13.1. The van der Waals surface area contributed by atoms with Gasteiger partial charge in [0, 0.05) is 31.9 Å². The van der Waals surface area contributed by atoms with Gasteiger partial charge in [0.1, 0.15) is 16.4 Å². The van der Waals surface area contributed by atoms with Gasteiger partial charge in [-0.05, 0) is 43.3 Å². The van der Waals surface area contributed by atoms with E-state index in [4.69, 9.17) is 4.74 Å². The van der Waals surface area contributed by atoms with E-state index in [1.165, 1.54) is 23.5 Å².